The van der Waals surface area contributed by atoms with E-state index in [1.165, 1.54) is 9.58 Å². The summed E-state index contributed by atoms with van der Waals surface area (Å²) in [4.78, 5) is 24.4. The van der Waals surface area contributed by atoms with Gasteiger partial charge in [-0.05, 0) is 18.6 Å². The lowest BCUT2D eigenvalue weighted by molar-refractivity contribution is -0.120. The van der Waals surface area contributed by atoms with E-state index in [2.05, 4.69) is 10.4 Å². The van der Waals surface area contributed by atoms with Crippen molar-refractivity contribution >= 4 is 28.7 Å². The van der Waals surface area contributed by atoms with Gasteiger partial charge in [0.15, 0.2) is 11.6 Å². The number of nitrogens with zero attached hydrogens (tertiary/aromatic N) is 3. The zero-order chi connectivity index (χ0) is 14.4. The van der Waals surface area contributed by atoms with E-state index in [4.69, 9.17) is 0 Å². The number of hydrogen-bond acceptors (Lipinski definition) is 3. The summed E-state index contributed by atoms with van der Waals surface area (Å²) < 4.78 is 15.6. The summed E-state index contributed by atoms with van der Waals surface area (Å²) in [5.41, 5.74) is 0.870. The third kappa shape index (κ3) is 1.74. The molecule has 1 saturated heterocycles. The average molecular weight is 278 g/mol. The van der Waals surface area contributed by atoms with E-state index in [1.807, 2.05) is 0 Å². The molecule has 0 unspecified atom stereocenters. The monoisotopic (exact) mass is 278 g/mol. The van der Waals surface area contributed by atoms with Crippen molar-refractivity contribution in [2.24, 2.45) is 7.05 Å². The van der Waals surface area contributed by atoms with Gasteiger partial charge in [-0.15, -0.1) is 0 Å². The highest BCUT2D eigenvalue weighted by Gasteiger charge is 2.28. The van der Waals surface area contributed by atoms with Crippen molar-refractivity contribution in [1.29, 1.82) is 0 Å². The second-order valence-corrected chi connectivity index (χ2v) is 4.79. The first-order chi connectivity index (χ1) is 9.49. The van der Waals surface area contributed by atoms with Crippen molar-refractivity contribution in [1.82, 2.24) is 15.1 Å². The second kappa shape index (κ2) is 4.29. The fraction of sp³-hybridized carbons (Fsp3) is 0.308. The Labute approximate surface area is 115 Å². The van der Waals surface area contributed by atoms with Gasteiger partial charge in [0.2, 0.25) is 5.91 Å². The van der Waals surface area contributed by atoms with Crippen LogP contribution in [0.1, 0.15) is 13.4 Å². The Hall–Kier alpha value is -2.44. The number of carbonyl (C=O) groups excluding carboxylic acids is 2. The first-order valence-corrected chi connectivity index (χ1v) is 6.22. The summed E-state index contributed by atoms with van der Waals surface area (Å²) in [5.74, 6) is -0.294. The van der Waals surface area contributed by atoms with Gasteiger partial charge >= 0.3 is 6.03 Å². The van der Waals surface area contributed by atoms with Crippen molar-refractivity contribution in [2.45, 2.75) is 13.3 Å². The molecule has 1 aliphatic heterocycles. The lowest BCUT2D eigenvalue weighted by Gasteiger charge is -2.24. The lowest BCUT2D eigenvalue weighted by atomic mass is 10.1. The van der Waals surface area contributed by atoms with Crippen molar-refractivity contribution in [3.63, 3.8) is 0 Å². The maximum Gasteiger partial charge on any atom is 0.329 e. The number of hydrogen-bond donors (Lipinski definition) is 1. The number of anilines is 1. The van der Waals surface area contributed by atoms with Crippen LogP contribution in [0.5, 0.6) is 0 Å². The van der Waals surface area contributed by atoms with Crippen LogP contribution in [0.15, 0.2) is 12.1 Å². The molecule has 0 saturated carbocycles. The predicted molar refractivity (Wildman–Crippen MR) is 73.0 cm³/mol. The van der Waals surface area contributed by atoms with Crippen LogP contribution in [0.4, 0.5) is 15.0 Å². The van der Waals surface area contributed by atoms with E-state index in [9.17, 15) is 14.0 Å². The maximum absolute atomic E-state index is 14.2. The molecule has 2 aromatic rings. The van der Waals surface area contributed by atoms with E-state index >= 15 is 0 Å². The van der Waals surface area contributed by atoms with Gasteiger partial charge in [0.1, 0.15) is 5.52 Å². The molecule has 3 rings (SSSR count). The van der Waals surface area contributed by atoms with Gasteiger partial charge < -0.3 is 0 Å². The summed E-state index contributed by atoms with van der Waals surface area (Å²) >= 11 is 0. The van der Waals surface area contributed by atoms with E-state index in [0.29, 0.717) is 22.3 Å². The van der Waals surface area contributed by atoms with Crippen molar-refractivity contribution in [3.05, 3.63) is 23.5 Å². The summed E-state index contributed by atoms with van der Waals surface area (Å²) in [6.07, 6.45) is 0.206. The third-order valence-electron chi connectivity index (χ3n) is 3.43. The summed E-state index contributed by atoms with van der Waals surface area (Å²) in [7, 11) is 1.63. The Morgan fingerprint density at radius 1 is 1.40 bits per heavy atom. The van der Waals surface area contributed by atoms with Crippen LogP contribution < -0.4 is 10.2 Å². The number of fused-ring (bicyclic) bond motifs is 1. The second-order valence-electron chi connectivity index (χ2n) is 4.79. The molecule has 20 heavy (non-hydrogen) atoms. The molecule has 1 aliphatic rings. The van der Waals surface area contributed by atoms with Crippen LogP contribution in [-0.4, -0.2) is 28.3 Å². The van der Waals surface area contributed by atoms with Gasteiger partial charge in [0, 0.05) is 26.8 Å². The molecule has 0 spiro atoms. The van der Waals surface area contributed by atoms with E-state index in [-0.39, 0.29) is 26.1 Å². The number of benzene rings is 1. The van der Waals surface area contributed by atoms with Crippen molar-refractivity contribution in [2.75, 3.05) is 11.4 Å². The normalized spacial score (nSPS) is 15.8. The van der Waals surface area contributed by atoms with Crippen molar-refractivity contribution in [3.8, 4) is 0 Å². The standard InChI is InChI=1S/C13H13FN4O2.H2/c1-7-3-4-8-11(10(7)14)17(2)16-12(8)18-6-5-9(19)15-13(18)20;/h3-4H,5-6H2,1-2H3,(H,15,19,20);1H. The van der Waals surface area contributed by atoms with Gasteiger partial charge in [-0.1, -0.05) is 6.07 Å². The number of aryl methyl sites for hydroxylation is 2. The Bertz CT molecular complexity index is 743. The zero-order valence-electron chi connectivity index (χ0n) is 11.1. The highest BCUT2D eigenvalue weighted by molar-refractivity contribution is 6.08. The molecule has 0 aliphatic carbocycles. The van der Waals surface area contributed by atoms with E-state index in [0.717, 1.165) is 0 Å². The molecular weight excluding hydrogens is 263 g/mol. The molecule has 2 heterocycles. The number of aromatic nitrogens is 2. The average Bonchev–Trinajstić information content (AvgIpc) is 2.72. The number of amides is 3. The van der Waals surface area contributed by atoms with Crippen LogP contribution in [0, 0.1) is 12.7 Å². The number of halogens is 1. The highest BCUT2D eigenvalue weighted by Crippen LogP contribution is 2.29. The van der Waals surface area contributed by atoms with Gasteiger partial charge in [-0.25, -0.2) is 9.18 Å². The lowest BCUT2D eigenvalue weighted by Crippen LogP contribution is -2.49. The molecule has 106 valence electrons. The Morgan fingerprint density at radius 3 is 2.85 bits per heavy atom. The van der Waals surface area contributed by atoms with Crippen LogP contribution in [-0.2, 0) is 11.8 Å². The minimum atomic E-state index is -0.526. The first-order valence-electron chi connectivity index (χ1n) is 6.22. The minimum absolute atomic E-state index is 0. The molecule has 7 heteroatoms. The molecule has 6 nitrogen and oxygen atoms in total. The number of urea groups is 1. The van der Waals surface area contributed by atoms with E-state index < -0.39 is 6.03 Å². The Kier molecular flexibility index (Phi) is 2.70. The molecular formula is C13H15FN4O2. The molecule has 0 atom stereocenters. The Morgan fingerprint density at radius 2 is 2.15 bits per heavy atom. The van der Waals surface area contributed by atoms with Crippen LogP contribution in [0.3, 0.4) is 0 Å². The van der Waals surface area contributed by atoms with Crippen molar-refractivity contribution < 1.29 is 15.4 Å². The molecule has 3 amide bonds. The first kappa shape index (κ1) is 12.6. The zero-order valence-corrected chi connectivity index (χ0v) is 11.1. The molecule has 1 N–H and O–H groups in total. The number of rotatable bonds is 1. The van der Waals surface area contributed by atoms with Crippen LogP contribution in [0.2, 0.25) is 0 Å². The highest BCUT2D eigenvalue weighted by atomic mass is 19.1. The van der Waals surface area contributed by atoms with Gasteiger partial charge in [-0.2, -0.15) is 5.10 Å². The molecule has 0 radical (unpaired) electrons. The molecule has 1 aromatic carbocycles. The molecule has 1 aromatic heterocycles. The van der Waals surface area contributed by atoms with Gasteiger partial charge in [-0.3, -0.25) is 19.7 Å². The van der Waals surface area contributed by atoms with Gasteiger partial charge in [0.25, 0.3) is 0 Å². The summed E-state index contributed by atoms with van der Waals surface area (Å²) in [6.45, 7) is 1.92. The van der Waals surface area contributed by atoms with Crippen LogP contribution >= 0.6 is 0 Å². The maximum atomic E-state index is 14.2. The minimum Gasteiger partial charge on any atom is -0.278 e. The third-order valence-corrected chi connectivity index (χ3v) is 3.43. The van der Waals surface area contributed by atoms with E-state index in [1.54, 1.807) is 26.1 Å². The van der Waals surface area contributed by atoms with Gasteiger partial charge in [0.05, 0.1) is 0 Å². The predicted octanol–water partition coefficient (Wildman–Crippen LogP) is 1.71. The molecule has 0 bridgehead atoms. The SMILES string of the molecule is Cc1ccc2c(N3CCC(=O)NC3=O)nn(C)c2c1F.[HH]. The summed E-state index contributed by atoms with van der Waals surface area (Å²) in [5, 5.41) is 7.01. The number of nitrogens with one attached hydrogen (secondary N) is 1. The summed E-state index contributed by atoms with van der Waals surface area (Å²) in [6, 6.07) is 2.86. The molecule has 1 fully saturated rings. The number of carbonyl (C=O) groups is 2. The number of imide groups is 1. The largest absolute Gasteiger partial charge is 0.329 e. The fourth-order valence-electron chi connectivity index (χ4n) is 2.37. The smallest absolute Gasteiger partial charge is 0.278 e. The quantitative estimate of drug-likeness (QED) is 0.863. The Balaban J connectivity index is 0.00000161. The topological polar surface area (TPSA) is 67.2 Å². The van der Waals surface area contributed by atoms with Crippen LogP contribution in [0.25, 0.3) is 10.9 Å². The fourth-order valence-corrected chi connectivity index (χ4v) is 2.37.